The lowest BCUT2D eigenvalue weighted by molar-refractivity contribution is -0.137. The number of esters is 2. The van der Waals surface area contributed by atoms with Crippen molar-refractivity contribution in [3.63, 3.8) is 0 Å². The molecule has 4 nitrogen and oxygen atoms in total. The van der Waals surface area contributed by atoms with Crippen LogP contribution >= 0.6 is 0 Å². The van der Waals surface area contributed by atoms with E-state index in [1.807, 2.05) is 12.1 Å². The van der Waals surface area contributed by atoms with Gasteiger partial charge in [-0.05, 0) is 49.0 Å². The Morgan fingerprint density at radius 2 is 1.72 bits per heavy atom. The summed E-state index contributed by atoms with van der Waals surface area (Å²) >= 11 is 0. The highest BCUT2D eigenvalue weighted by Gasteiger charge is 2.09. The first-order chi connectivity index (χ1) is 12.1. The predicted octanol–water partition coefficient (Wildman–Crippen LogP) is 4.39. The standard InChI is InChI=1S/C21H22O4/c1-3-20(22)24-15-5-6-16-7-9-17(10-8-16)18-11-13-19(14-12-18)25-21(23)4-2/h3-4,7,9,11-14H,1-2,5-6,8,10,15H2. The summed E-state index contributed by atoms with van der Waals surface area (Å²) in [6.45, 7) is 7.16. The Labute approximate surface area is 148 Å². The van der Waals surface area contributed by atoms with Gasteiger partial charge >= 0.3 is 11.9 Å². The third kappa shape index (κ3) is 5.92. The predicted molar refractivity (Wildman–Crippen MR) is 98.0 cm³/mol. The number of rotatable bonds is 8. The van der Waals surface area contributed by atoms with Crippen molar-refractivity contribution < 1.29 is 19.1 Å². The minimum atomic E-state index is -0.462. The van der Waals surface area contributed by atoms with Crippen molar-refractivity contribution in [3.8, 4) is 5.75 Å². The highest BCUT2D eigenvalue weighted by molar-refractivity contribution is 5.83. The Hall–Kier alpha value is -2.88. The normalized spacial score (nSPS) is 13.3. The summed E-state index contributed by atoms with van der Waals surface area (Å²) in [7, 11) is 0. The highest BCUT2D eigenvalue weighted by atomic mass is 16.5. The fourth-order valence-corrected chi connectivity index (χ4v) is 2.56. The molecule has 0 atom stereocenters. The average molecular weight is 338 g/mol. The summed E-state index contributed by atoms with van der Waals surface area (Å²) in [4.78, 5) is 22.1. The third-order valence-electron chi connectivity index (χ3n) is 3.90. The zero-order chi connectivity index (χ0) is 18.1. The maximum Gasteiger partial charge on any atom is 0.335 e. The van der Waals surface area contributed by atoms with E-state index in [9.17, 15) is 9.59 Å². The van der Waals surface area contributed by atoms with Crippen LogP contribution in [0.15, 0.2) is 67.3 Å². The number of hydrogen-bond donors (Lipinski definition) is 0. The van der Waals surface area contributed by atoms with Gasteiger partial charge in [-0.25, -0.2) is 9.59 Å². The zero-order valence-electron chi connectivity index (χ0n) is 14.2. The molecule has 0 heterocycles. The molecule has 0 fully saturated rings. The second kappa shape index (κ2) is 9.42. The van der Waals surface area contributed by atoms with Crippen LogP contribution < -0.4 is 4.74 Å². The van der Waals surface area contributed by atoms with E-state index >= 15 is 0 Å². The molecule has 130 valence electrons. The summed E-state index contributed by atoms with van der Waals surface area (Å²) in [6.07, 6.45) is 10.3. The summed E-state index contributed by atoms with van der Waals surface area (Å²) in [5, 5.41) is 0. The van der Waals surface area contributed by atoms with E-state index in [1.54, 1.807) is 12.1 Å². The second-order valence-electron chi connectivity index (χ2n) is 5.64. The van der Waals surface area contributed by atoms with Gasteiger partial charge in [0.1, 0.15) is 5.75 Å². The average Bonchev–Trinajstić information content (AvgIpc) is 2.66. The number of hydrogen-bond acceptors (Lipinski definition) is 4. The Kier molecular flexibility index (Phi) is 6.96. The van der Waals surface area contributed by atoms with Crippen LogP contribution in [0, 0.1) is 0 Å². The van der Waals surface area contributed by atoms with Crippen LogP contribution in [0.4, 0.5) is 0 Å². The number of allylic oxidation sites excluding steroid dienone is 4. The molecule has 1 aliphatic rings. The van der Waals surface area contributed by atoms with Crippen LogP contribution in [-0.2, 0) is 14.3 Å². The smallest absolute Gasteiger partial charge is 0.335 e. The third-order valence-corrected chi connectivity index (χ3v) is 3.90. The maximum atomic E-state index is 11.2. The number of benzene rings is 1. The molecule has 0 unspecified atom stereocenters. The van der Waals surface area contributed by atoms with Crippen LogP contribution in [0.3, 0.4) is 0 Å². The van der Waals surface area contributed by atoms with Crippen molar-refractivity contribution in [2.75, 3.05) is 6.61 Å². The fourth-order valence-electron chi connectivity index (χ4n) is 2.56. The molecule has 0 saturated carbocycles. The van der Waals surface area contributed by atoms with Crippen molar-refractivity contribution in [1.82, 2.24) is 0 Å². The molecular formula is C21H22O4. The van der Waals surface area contributed by atoms with Gasteiger partial charge in [0.05, 0.1) is 6.61 Å². The van der Waals surface area contributed by atoms with Gasteiger partial charge in [-0.15, -0.1) is 0 Å². The molecule has 0 N–H and O–H groups in total. The van der Waals surface area contributed by atoms with E-state index in [2.05, 4.69) is 25.3 Å². The lowest BCUT2D eigenvalue weighted by Gasteiger charge is -2.15. The molecule has 0 bridgehead atoms. The van der Waals surface area contributed by atoms with E-state index in [-0.39, 0.29) is 5.97 Å². The minimum Gasteiger partial charge on any atom is -0.463 e. The fraction of sp³-hybridized carbons (Fsp3) is 0.238. The molecule has 25 heavy (non-hydrogen) atoms. The molecule has 0 aliphatic heterocycles. The summed E-state index contributed by atoms with van der Waals surface area (Å²) in [6, 6.07) is 7.46. The molecule has 1 aromatic carbocycles. The molecule has 1 aliphatic carbocycles. The van der Waals surface area contributed by atoms with Gasteiger partial charge in [0.25, 0.3) is 0 Å². The quantitative estimate of drug-likeness (QED) is 0.305. The summed E-state index contributed by atoms with van der Waals surface area (Å²) in [5.74, 6) is -0.326. The highest BCUT2D eigenvalue weighted by Crippen LogP contribution is 2.29. The van der Waals surface area contributed by atoms with E-state index in [1.165, 1.54) is 17.2 Å². The Balaban J connectivity index is 1.87. The van der Waals surface area contributed by atoms with Gasteiger partial charge in [0, 0.05) is 12.2 Å². The van der Waals surface area contributed by atoms with Crippen LogP contribution in [0.25, 0.3) is 5.57 Å². The van der Waals surface area contributed by atoms with Crippen molar-refractivity contribution in [2.24, 2.45) is 0 Å². The van der Waals surface area contributed by atoms with Crippen molar-refractivity contribution in [1.29, 1.82) is 0 Å². The maximum absolute atomic E-state index is 11.2. The molecule has 1 aromatic rings. The van der Waals surface area contributed by atoms with Gasteiger partial charge < -0.3 is 9.47 Å². The molecular weight excluding hydrogens is 316 g/mol. The van der Waals surface area contributed by atoms with E-state index in [0.717, 1.165) is 37.3 Å². The van der Waals surface area contributed by atoms with Crippen molar-refractivity contribution in [2.45, 2.75) is 25.7 Å². The Bertz CT molecular complexity index is 708. The largest absolute Gasteiger partial charge is 0.463 e. The zero-order valence-corrected chi connectivity index (χ0v) is 14.2. The second-order valence-corrected chi connectivity index (χ2v) is 5.64. The van der Waals surface area contributed by atoms with Gasteiger partial charge in [-0.3, -0.25) is 0 Å². The number of ether oxygens (including phenoxy) is 2. The summed E-state index contributed by atoms with van der Waals surface area (Å²) < 4.78 is 10.1. The van der Waals surface area contributed by atoms with Gasteiger partial charge in [-0.1, -0.05) is 43.0 Å². The van der Waals surface area contributed by atoms with Crippen LogP contribution in [0.2, 0.25) is 0 Å². The first kappa shape index (κ1) is 18.5. The summed E-state index contributed by atoms with van der Waals surface area (Å²) in [5.41, 5.74) is 3.73. The molecule has 0 aromatic heterocycles. The van der Waals surface area contributed by atoms with E-state index in [4.69, 9.17) is 9.47 Å². The van der Waals surface area contributed by atoms with Crippen molar-refractivity contribution in [3.05, 3.63) is 72.9 Å². The monoisotopic (exact) mass is 338 g/mol. The topological polar surface area (TPSA) is 52.6 Å². The SMILES string of the molecule is C=CC(=O)OCCCC1=CC=C(c2ccc(OC(=O)C=C)cc2)CC1. The molecule has 2 rings (SSSR count). The molecule has 0 radical (unpaired) electrons. The lowest BCUT2D eigenvalue weighted by atomic mass is 9.91. The van der Waals surface area contributed by atoms with Crippen molar-refractivity contribution >= 4 is 17.5 Å². The Morgan fingerprint density at radius 1 is 1.00 bits per heavy atom. The van der Waals surface area contributed by atoms with Gasteiger partial charge in [-0.2, -0.15) is 0 Å². The molecule has 0 spiro atoms. The Morgan fingerprint density at radius 3 is 2.32 bits per heavy atom. The molecule has 0 amide bonds. The first-order valence-corrected chi connectivity index (χ1v) is 8.25. The van der Waals surface area contributed by atoms with Gasteiger partial charge in [0.15, 0.2) is 0 Å². The van der Waals surface area contributed by atoms with Crippen LogP contribution in [0.5, 0.6) is 5.75 Å². The number of carbonyl (C=O) groups excluding carboxylic acids is 2. The first-order valence-electron chi connectivity index (χ1n) is 8.25. The minimum absolute atomic E-state index is 0.373. The number of carbonyl (C=O) groups is 2. The molecule has 4 heteroatoms. The van der Waals surface area contributed by atoms with Gasteiger partial charge in [0.2, 0.25) is 0 Å². The van der Waals surface area contributed by atoms with Crippen LogP contribution in [-0.4, -0.2) is 18.5 Å². The van der Waals surface area contributed by atoms with E-state index in [0.29, 0.717) is 12.4 Å². The lowest BCUT2D eigenvalue weighted by Crippen LogP contribution is -2.03. The van der Waals surface area contributed by atoms with E-state index < -0.39 is 5.97 Å². The van der Waals surface area contributed by atoms with Crippen LogP contribution in [0.1, 0.15) is 31.2 Å². The molecule has 0 saturated heterocycles.